The van der Waals surface area contributed by atoms with Crippen molar-refractivity contribution in [1.29, 1.82) is 0 Å². The van der Waals surface area contributed by atoms with E-state index in [9.17, 15) is 18.0 Å². The van der Waals surface area contributed by atoms with Gasteiger partial charge in [-0.3, -0.25) is 4.79 Å². The summed E-state index contributed by atoms with van der Waals surface area (Å²) in [5, 5.41) is 2.37. The summed E-state index contributed by atoms with van der Waals surface area (Å²) in [5.41, 5.74) is 1.10. The topological polar surface area (TPSA) is 60.7 Å². The van der Waals surface area contributed by atoms with Crippen molar-refractivity contribution in [3.63, 3.8) is 0 Å². The first-order chi connectivity index (χ1) is 14.6. The van der Waals surface area contributed by atoms with Gasteiger partial charge in [0.15, 0.2) is 11.5 Å². The van der Waals surface area contributed by atoms with Crippen molar-refractivity contribution < 1.29 is 31.9 Å². The lowest BCUT2D eigenvalue weighted by atomic mass is 9.87. The fourth-order valence-electron chi connectivity index (χ4n) is 2.76. The van der Waals surface area contributed by atoms with Gasteiger partial charge in [-0.2, -0.15) is 8.78 Å². The molecule has 0 aliphatic rings. The smallest absolute Gasteiger partial charge is 0.387 e. The molecular weight excluding hydrogens is 411 g/mol. The molecule has 3 rings (SSSR count). The molecule has 0 radical (unpaired) electrons. The maximum Gasteiger partial charge on any atom is 0.387 e. The molecule has 0 saturated heterocycles. The molecule has 0 aliphatic carbocycles. The van der Waals surface area contributed by atoms with E-state index >= 15 is 0 Å². The number of furan rings is 1. The van der Waals surface area contributed by atoms with Gasteiger partial charge in [0.2, 0.25) is 0 Å². The minimum atomic E-state index is -3.16. The summed E-state index contributed by atoms with van der Waals surface area (Å²) in [7, 11) is 0. The van der Waals surface area contributed by atoms with Gasteiger partial charge in [-0.25, -0.2) is 4.39 Å². The first-order valence-electron chi connectivity index (χ1n) is 9.49. The number of anilines is 1. The van der Waals surface area contributed by atoms with Gasteiger partial charge in [-0.05, 0) is 47.4 Å². The molecule has 0 saturated carbocycles. The molecule has 0 atom stereocenters. The number of carbonyl (C=O) groups is 1. The molecule has 31 heavy (non-hydrogen) atoms. The largest absolute Gasteiger partial charge is 0.486 e. The van der Waals surface area contributed by atoms with Crippen LogP contribution in [0.15, 0.2) is 59.0 Å². The first kappa shape index (κ1) is 22.3. The van der Waals surface area contributed by atoms with E-state index < -0.39 is 24.1 Å². The van der Waals surface area contributed by atoms with Crippen LogP contribution in [0.4, 0.5) is 18.9 Å². The second-order valence-corrected chi connectivity index (χ2v) is 7.80. The number of hydrogen-bond donors (Lipinski definition) is 1. The predicted molar refractivity (Wildman–Crippen MR) is 109 cm³/mol. The highest BCUT2D eigenvalue weighted by Crippen LogP contribution is 2.28. The third-order valence-electron chi connectivity index (χ3n) is 4.39. The number of hydrogen-bond acceptors (Lipinski definition) is 4. The van der Waals surface area contributed by atoms with Crippen molar-refractivity contribution >= 4 is 11.6 Å². The third-order valence-corrected chi connectivity index (χ3v) is 4.39. The van der Waals surface area contributed by atoms with Gasteiger partial charge in [0.05, 0.1) is 5.69 Å². The van der Waals surface area contributed by atoms with Crippen LogP contribution in [-0.4, -0.2) is 12.5 Å². The summed E-state index contributed by atoms with van der Waals surface area (Å²) in [6.45, 7) is 3.28. The molecule has 0 bridgehead atoms. The van der Waals surface area contributed by atoms with E-state index in [1.807, 2.05) is 24.3 Å². The van der Waals surface area contributed by atoms with Gasteiger partial charge in [-0.15, -0.1) is 0 Å². The van der Waals surface area contributed by atoms with Gasteiger partial charge >= 0.3 is 6.61 Å². The molecule has 2 aromatic carbocycles. The van der Waals surface area contributed by atoms with Gasteiger partial charge in [0.1, 0.15) is 23.9 Å². The van der Waals surface area contributed by atoms with Crippen molar-refractivity contribution in [2.24, 2.45) is 0 Å². The van der Waals surface area contributed by atoms with E-state index in [4.69, 9.17) is 9.15 Å². The molecule has 164 valence electrons. The Morgan fingerprint density at radius 1 is 1.06 bits per heavy atom. The number of halogens is 3. The van der Waals surface area contributed by atoms with Gasteiger partial charge in [-0.1, -0.05) is 32.9 Å². The summed E-state index contributed by atoms with van der Waals surface area (Å²) >= 11 is 0. The Bertz CT molecular complexity index is 1040. The van der Waals surface area contributed by atoms with Crippen LogP contribution >= 0.6 is 0 Å². The van der Waals surface area contributed by atoms with E-state index in [-0.39, 0.29) is 23.5 Å². The van der Waals surface area contributed by atoms with E-state index in [0.29, 0.717) is 11.5 Å². The van der Waals surface area contributed by atoms with Crippen LogP contribution < -0.4 is 14.8 Å². The Labute approximate surface area is 177 Å². The summed E-state index contributed by atoms with van der Waals surface area (Å²) in [4.78, 5) is 12.4. The lowest BCUT2D eigenvalue weighted by Crippen LogP contribution is -2.13. The van der Waals surface area contributed by atoms with Crippen LogP contribution in [0.25, 0.3) is 0 Å². The van der Waals surface area contributed by atoms with Crippen molar-refractivity contribution in [2.75, 3.05) is 5.32 Å². The van der Waals surface area contributed by atoms with Crippen LogP contribution in [0.1, 0.15) is 42.6 Å². The van der Waals surface area contributed by atoms with E-state index in [1.54, 1.807) is 6.07 Å². The van der Waals surface area contributed by atoms with E-state index in [0.717, 1.165) is 18.2 Å². The molecule has 5 nitrogen and oxygen atoms in total. The lowest BCUT2D eigenvalue weighted by Gasteiger charge is -2.19. The zero-order chi connectivity index (χ0) is 22.6. The predicted octanol–water partition coefficient (Wildman–Crippen LogP) is 6.15. The molecule has 1 N–H and O–H groups in total. The van der Waals surface area contributed by atoms with Crippen molar-refractivity contribution in [2.45, 2.75) is 39.4 Å². The summed E-state index contributed by atoms with van der Waals surface area (Å²) < 4.78 is 53.7. The molecule has 1 aromatic heterocycles. The molecule has 8 heteroatoms. The maximum atomic E-state index is 13.3. The number of alkyl halides is 2. The summed E-state index contributed by atoms with van der Waals surface area (Å²) in [6, 6.07) is 13.6. The summed E-state index contributed by atoms with van der Waals surface area (Å²) in [5.74, 6) is -0.983. The number of rotatable bonds is 7. The van der Waals surface area contributed by atoms with Crippen LogP contribution in [0.3, 0.4) is 0 Å². The van der Waals surface area contributed by atoms with Gasteiger partial charge < -0.3 is 19.2 Å². The lowest BCUT2D eigenvalue weighted by molar-refractivity contribution is -0.0495. The molecule has 3 aromatic rings. The van der Waals surface area contributed by atoms with Crippen molar-refractivity contribution in [1.82, 2.24) is 0 Å². The first-order valence-corrected chi connectivity index (χ1v) is 9.49. The van der Waals surface area contributed by atoms with E-state index in [1.165, 1.54) is 11.6 Å². The second kappa shape index (κ2) is 9.16. The third kappa shape index (κ3) is 6.04. The average Bonchev–Trinajstić information content (AvgIpc) is 3.17. The van der Waals surface area contributed by atoms with Crippen LogP contribution in [-0.2, 0) is 12.0 Å². The Morgan fingerprint density at radius 3 is 2.42 bits per heavy atom. The fourth-order valence-corrected chi connectivity index (χ4v) is 2.76. The Balaban J connectivity index is 1.62. The van der Waals surface area contributed by atoms with Crippen LogP contribution in [0.5, 0.6) is 11.5 Å². The monoisotopic (exact) mass is 433 g/mol. The van der Waals surface area contributed by atoms with Gasteiger partial charge in [0, 0.05) is 6.07 Å². The highest BCUT2D eigenvalue weighted by atomic mass is 19.3. The van der Waals surface area contributed by atoms with Crippen LogP contribution in [0.2, 0.25) is 0 Å². The number of benzene rings is 2. The second-order valence-electron chi connectivity index (χ2n) is 7.80. The molecule has 1 heterocycles. The maximum absolute atomic E-state index is 13.3. The minimum Gasteiger partial charge on any atom is -0.486 e. The molecule has 0 aliphatic heterocycles. The Kier molecular flexibility index (Phi) is 6.58. The standard InChI is InChI=1S/C23H22F3NO4/c1-23(2,3)14-4-7-16(8-5-14)29-13-17-9-11-19(30-17)21(28)27-18-10-6-15(24)12-20(18)31-22(25)26/h4-12,22H,13H2,1-3H3,(H,27,28). The Morgan fingerprint density at radius 2 is 1.77 bits per heavy atom. The minimum absolute atomic E-state index is 0.0343. The van der Waals surface area contributed by atoms with Crippen LogP contribution in [0, 0.1) is 5.82 Å². The number of amides is 1. The SMILES string of the molecule is CC(C)(C)c1ccc(OCc2ccc(C(=O)Nc3ccc(F)cc3OC(F)F)o2)cc1. The normalized spacial score (nSPS) is 11.5. The van der Waals surface area contributed by atoms with Gasteiger partial charge in [0.25, 0.3) is 5.91 Å². The Hall–Kier alpha value is -3.42. The molecule has 1 amide bonds. The highest BCUT2D eigenvalue weighted by Gasteiger charge is 2.17. The fraction of sp³-hybridized carbons (Fsp3) is 0.261. The molecular formula is C23H22F3NO4. The quantitative estimate of drug-likeness (QED) is 0.486. The molecule has 0 spiro atoms. The number of ether oxygens (including phenoxy) is 2. The van der Waals surface area contributed by atoms with E-state index in [2.05, 4.69) is 30.8 Å². The molecule has 0 unspecified atom stereocenters. The molecule has 0 fully saturated rings. The zero-order valence-corrected chi connectivity index (χ0v) is 17.2. The van der Waals surface area contributed by atoms with Crippen molar-refractivity contribution in [3.05, 3.63) is 77.5 Å². The summed E-state index contributed by atoms with van der Waals surface area (Å²) in [6.07, 6.45) is 0. The number of carbonyl (C=O) groups excluding carboxylic acids is 1. The van der Waals surface area contributed by atoms with Crippen molar-refractivity contribution in [3.8, 4) is 11.5 Å². The highest BCUT2D eigenvalue weighted by molar-refractivity contribution is 6.03. The zero-order valence-electron chi connectivity index (χ0n) is 17.2. The average molecular weight is 433 g/mol. The number of nitrogens with one attached hydrogen (secondary N) is 1.